The molecule has 48 heavy (non-hydrogen) atoms. The third-order valence-electron chi connectivity index (χ3n) is 8.37. The molecule has 1 aromatic carbocycles. The van der Waals surface area contributed by atoms with Crippen molar-refractivity contribution >= 4 is 34.9 Å². The normalized spacial score (nSPS) is 14.6. The zero-order valence-corrected chi connectivity index (χ0v) is 27.1. The van der Waals surface area contributed by atoms with Gasteiger partial charge in [-0.3, -0.25) is 24.0 Å². The molecule has 2 aliphatic rings. The molecule has 4 aromatic rings. The zero-order valence-electron chi connectivity index (χ0n) is 27.1. The number of carbonyl (C=O) groups is 3. The van der Waals surface area contributed by atoms with E-state index in [9.17, 15) is 14.4 Å². The van der Waals surface area contributed by atoms with Crippen molar-refractivity contribution in [1.82, 2.24) is 40.1 Å². The molecule has 0 bridgehead atoms. The number of amides is 3. The molecule has 5 N–H and O–H groups in total. The lowest BCUT2D eigenvalue weighted by molar-refractivity contribution is -0.117. The Kier molecular flexibility index (Phi) is 9.59. The van der Waals surface area contributed by atoms with Crippen LogP contribution in [0.15, 0.2) is 54.9 Å². The topological polar surface area (TPSA) is 186 Å². The molecule has 2 fully saturated rings. The van der Waals surface area contributed by atoms with Crippen LogP contribution in [0.2, 0.25) is 0 Å². The van der Waals surface area contributed by atoms with Crippen LogP contribution in [-0.4, -0.2) is 99.9 Å². The van der Waals surface area contributed by atoms with E-state index in [1.54, 1.807) is 37.4 Å². The number of ether oxygens (including phenoxy) is 1. The molecule has 15 heteroatoms. The van der Waals surface area contributed by atoms with Crippen molar-refractivity contribution in [2.24, 2.45) is 11.7 Å². The number of methoxy groups -OCH3 is 1. The second-order valence-electron chi connectivity index (χ2n) is 11.9. The molecule has 0 unspecified atom stereocenters. The van der Waals surface area contributed by atoms with Gasteiger partial charge in [0, 0.05) is 76.1 Å². The molecular formula is C33H39N11O4. The van der Waals surface area contributed by atoms with E-state index in [0.717, 1.165) is 42.8 Å². The summed E-state index contributed by atoms with van der Waals surface area (Å²) in [5.74, 6) is 0.103. The first-order chi connectivity index (χ1) is 23.3. The van der Waals surface area contributed by atoms with Gasteiger partial charge in [0.2, 0.25) is 5.91 Å². The molecular weight excluding hydrogens is 614 g/mol. The lowest BCUT2D eigenvalue weighted by Crippen LogP contribution is -2.47. The maximum absolute atomic E-state index is 12.6. The second-order valence-corrected chi connectivity index (χ2v) is 11.9. The van der Waals surface area contributed by atoms with E-state index in [1.165, 1.54) is 7.05 Å². The molecule has 6 rings (SSSR count). The molecule has 1 aliphatic heterocycles. The summed E-state index contributed by atoms with van der Waals surface area (Å²) in [6, 6.07) is 12.9. The summed E-state index contributed by atoms with van der Waals surface area (Å²) in [7, 11) is 4.81. The highest BCUT2D eigenvalue weighted by Gasteiger charge is 2.31. The van der Waals surface area contributed by atoms with Gasteiger partial charge in [-0.15, -0.1) is 10.2 Å². The van der Waals surface area contributed by atoms with E-state index in [0.29, 0.717) is 42.5 Å². The minimum Gasteiger partial charge on any atom is -0.494 e. The second kappa shape index (κ2) is 14.1. The van der Waals surface area contributed by atoms with Crippen LogP contribution in [0.25, 0.3) is 11.1 Å². The number of aromatic nitrogens is 5. The quantitative estimate of drug-likeness (QED) is 0.166. The van der Waals surface area contributed by atoms with Gasteiger partial charge in [-0.2, -0.15) is 5.10 Å². The number of likely N-dealkylation sites (tertiary alicyclic amines) is 1. The maximum atomic E-state index is 12.6. The lowest BCUT2D eigenvalue weighted by atomic mass is 10.1. The summed E-state index contributed by atoms with van der Waals surface area (Å²) in [5.41, 5.74) is 9.53. The van der Waals surface area contributed by atoms with Crippen molar-refractivity contribution in [3.05, 3.63) is 71.9 Å². The number of hydrogen-bond acceptors (Lipinski definition) is 11. The van der Waals surface area contributed by atoms with E-state index in [-0.39, 0.29) is 35.3 Å². The number of rotatable bonds is 13. The molecule has 0 atom stereocenters. The van der Waals surface area contributed by atoms with Crippen LogP contribution in [0.3, 0.4) is 0 Å². The third kappa shape index (κ3) is 7.11. The van der Waals surface area contributed by atoms with Crippen LogP contribution < -0.4 is 26.4 Å². The number of pyridine rings is 1. The Morgan fingerprint density at radius 3 is 2.60 bits per heavy atom. The number of nitrogens with zero attached hydrogens (tertiary/aromatic N) is 7. The first kappa shape index (κ1) is 32.5. The Balaban J connectivity index is 1.15. The van der Waals surface area contributed by atoms with E-state index in [4.69, 9.17) is 10.5 Å². The largest absolute Gasteiger partial charge is 0.494 e. The monoisotopic (exact) mass is 653 g/mol. The average Bonchev–Trinajstić information content (AvgIpc) is 3.83. The Bertz CT molecular complexity index is 1820. The third-order valence-corrected chi connectivity index (χ3v) is 8.37. The summed E-state index contributed by atoms with van der Waals surface area (Å²) in [6.07, 6.45) is 5.49. The number of likely N-dealkylation sites (N-methyl/N-ethyl adjacent to an activating group) is 1. The fourth-order valence-electron chi connectivity index (χ4n) is 5.56. The van der Waals surface area contributed by atoms with Gasteiger partial charge in [0.1, 0.15) is 11.4 Å². The molecule has 250 valence electrons. The van der Waals surface area contributed by atoms with Gasteiger partial charge in [0.25, 0.3) is 11.8 Å². The van der Waals surface area contributed by atoms with Crippen molar-refractivity contribution in [2.75, 3.05) is 58.0 Å². The number of para-hydroxylation sites is 1. The highest BCUT2D eigenvalue weighted by Crippen LogP contribution is 2.39. The molecule has 0 spiro atoms. The summed E-state index contributed by atoms with van der Waals surface area (Å²) < 4.78 is 7.81. The number of carbonyl (C=O) groups excluding carboxylic acids is 3. The van der Waals surface area contributed by atoms with Gasteiger partial charge < -0.3 is 31.3 Å². The maximum Gasteiger partial charge on any atom is 0.273 e. The van der Waals surface area contributed by atoms with Gasteiger partial charge in [-0.1, -0.05) is 18.2 Å². The number of nitrogens with two attached hydrogens (primary N) is 1. The SMILES string of the molecule is CNC(=O)c1nnc(NC(=O)C2CC2)cc1Nc1cccc(-c2cnn(C3CN(Cc4cccc(C(=O)N(C)CCN)n4)C3)c2)c1OC. The number of hydrogen-bond donors (Lipinski definition) is 4. The minimum absolute atomic E-state index is 0.0114. The smallest absolute Gasteiger partial charge is 0.273 e. The standard InChI is InChI=1S/C33H39N11O4/c1-35-32(46)29-27(14-28(40-41-29)39-31(45)20-10-11-20)38-25-8-5-7-24(30(25)48-3)21-15-36-44(16-21)23-18-43(19-23)17-22-6-4-9-26(37-22)33(47)42(2)13-12-34/h4-9,14-16,20,23H,10-13,17-19,34H2,1-3H3,(H,35,46)(H2,38,39,40,45). The Morgan fingerprint density at radius 1 is 1.08 bits per heavy atom. The van der Waals surface area contributed by atoms with Crippen molar-refractivity contribution in [1.29, 1.82) is 0 Å². The predicted octanol–water partition coefficient (Wildman–Crippen LogP) is 2.28. The van der Waals surface area contributed by atoms with Crippen LogP contribution in [0.5, 0.6) is 5.75 Å². The van der Waals surface area contributed by atoms with Gasteiger partial charge >= 0.3 is 0 Å². The summed E-state index contributed by atoms with van der Waals surface area (Å²) >= 11 is 0. The fourth-order valence-corrected chi connectivity index (χ4v) is 5.56. The van der Waals surface area contributed by atoms with Crippen LogP contribution in [-0.2, 0) is 11.3 Å². The first-order valence-corrected chi connectivity index (χ1v) is 15.8. The van der Waals surface area contributed by atoms with E-state index >= 15 is 0 Å². The molecule has 0 radical (unpaired) electrons. The molecule has 3 amide bonds. The van der Waals surface area contributed by atoms with Crippen LogP contribution in [0, 0.1) is 5.92 Å². The molecule has 4 heterocycles. The van der Waals surface area contributed by atoms with Crippen molar-refractivity contribution in [3.63, 3.8) is 0 Å². The van der Waals surface area contributed by atoms with Gasteiger partial charge in [0.05, 0.1) is 36.4 Å². The summed E-state index contributed by atoms with van der Waals surface area (Å²) in [6.45, 7) is 3.06. The Hall–Kier alpha value is -5.41. The van der Waals surface area contributed by atoms with Crippen molar-refractivity contribution in [2.45, 2.75) is 25.4 Å². The molecule has 3 aromatic heterocycles. The Morgan fingerprint density at radius 2 is 1.88 bits per heavy atom. The lowest BCUT2D eigenvalue weighted by Gasteiger charge is -2.39. The number of anilines is 3. The van der Waals surface area contributed by atoms with Gasteiger partial charge in [-0.25, -0.2) is 4.98 Å². The number of nitrogens with one attached hydrogen (secondary N) is 3. The van der Waals surface area contributed by atoms with E-state index in [2.05, 4.69) is 41.1 Å². The molecule has 15 nitrogen and oxygen atoms in total. The highest BCUT2D eigenvalue weighted by molar-refractivity contribution is 6.00. The van der Waals surface area contributed by atoms with Gasteiger partial charge in [0.15, 0.2) is 11.5 Å². The first-order valence-electron chi connectivity index (χ1n) is 15.8. The predicted molar refractivity (Wildman–Crippen MR) is 179 cm³/mol. The summed E-state index contributed by atoms with van der Waals surface area (Å²) in [4.78, 5) is 46.0. The van der Waals surface area contributed by atoms with Crippen molar-refractivity contribution < 1.29 is 19.1 Å². The minimum atomic E-state index is -0.428. The van der Waals surface area contributed by atoms with Crippen LogP contribution >= 0.6 is 0 Å². The van der Waals surface area contributed by atoms with E-state index < -0.39 is 5.91 Å². The zero-order chi connectivity index (χ0) is 33.8. The summed E-state index contributed by atoms with van der Waals surface area (Å²) in [5, 5.41) is 21.4. The molecule has 1 aliphatic carbocycles. The Labute approximate surface area is 277 Å². The molecule has 1 saturated carbocycles. The average molecular weight is 654 g/mol. The molecule has 1 saturated heterocycles. The van der Waals surface area contributed by atoms with Crippen molar-refractivity contribution in [3.8, 4) is 16.9 Å². The highest BCUT2D eigenvalue weighted by atomic mass is 16.5. The van der Waals surface area contributed by atoms with Gasteiger partial charge in [-0.05, 0) is 31.0 Å². The van der Waals surface area contributed by atoms with Crippen LogP contribution in [0.4, 0.5) is 17.2 Å². The fraction of sp³-hybridized carbons (Fsp3) is 0.364. The van der Waals surface area contributed by atoms with E-state index in [1.807, 2.05) is 41.2 Å². The number of benzene rings is 1. The van der Waals surface area contributed by atoms with Crippen LogP contribution in [0.1, 0.15) is 45.6 Å².